The molecule has 5 nitrogen and oxygen atoms in total. The second-order valence-corrected chi connectivity index (χ2v) is 9.04. The first-order valence-corrected chi connectivity index (χ1v) is 11.4. The number of hydrogen-bond acceptors (Lipinski definition) is 3. The van der Waals surface area contributed by atoms with Crippen LogP contribution < -0.4 is 4.90 Å². The average Bonchev–Trinajstić information content (AvgIpc) is 3.37. The summed E-state index contributed by atoms with van der Waals surface area (Å²) in [6.45, 7) is 4.80. The van der Waals surface area contributed by atoms with Crippen LogP contribution in [0.4, 0.5) is 5.69 Å². The topological polar surface area (TPSA) is 55.2 Å². The number of benzene rings is 3. The molecule has 0 bridgehead atoms. The molecule has 166 valence electrons. The third-order valence-corrected chi connectivity index (χ3v) is 6.76. The number of carbonyl (C=O) groups excluding carboxylic acids is 2. The molecular formula is C27H24ClN3O2. The quantitative estimate of drug-likeness (QED) is 0.361. The minimum absolute atomic E-state index is 0.0215. The van der Waals surface area contributed by atoms with Crippen molar-refractivity contribution in [3.63, 3.8) is 0 Å². The molecule has 1 saturated heterocycles. The predicted octanol–water partition coefficient (Wildman–Crippen LogP) is 5.71. The van der Waals surface area contributed by atoms with Crippen molar-refractivity contribution in [1.82, 2.24) is 9.55 Å². The molecule has 0 aliphatic carbocycles. The summed E-state index contributed by atoms with van der Waals surface area (Å²) in [5.41, 5.74) is 5.54. The zero-order valence-electron chi connectivity index (χ0n) is 18.6. The van der Waals surface area contributed by atoms with Crippen molar-refractivity contribution in [2.24, 2.45) is 0 Å². The molecule has 0 radical (unpaired) electrons. The maximum Gasteiger partial charge on any atom is 0.227 e. The van der Waals surface area contributed by atoms with Crippen LogP contribution in [-0.2, 0) is 11.3 Å². The minimum Gasteiger partial charge on any atom is -0.320 e. The van der Waals surface area contributed by atoms with Crippen LogP contribution in [0.2, 0.25) is 5.02 Å². The van der Waals surface area contributed by atoms with Crippen molar-refractivity contribution in [2.75, 3.05) is 11.4 Å². The van der Waals surface area contributed by atoms with E-state index in [0.29, 0.717) is 23.6 Å². The molecule has 0 saturated carbocycles. The highest BCUT2D eigenvalue weighted by Gasteiger charge is 2.35. The Morgan fingerprint density at radius 1 is 1.03 bits per heavy atom. The van der Waals surface area contributed by atoms with Gasteiger partial charge in [0.2, 0.25) is 5.91 Å². The Balaban J connectivity index is 1.51. The fraction of sp³-hybridized carbons (Fsp3) is 0.222. The van der Waals surface area contributed by atoms with E-state index in [1.54, 1.807) is 24.3 Å². The number of aryl methyl sites for hydroxylation is 1. The van der Waals surface area contributed by atoms with Gasteiger partial charge in [0, 0.05) is 35.2 Å². The molecule has 1 atom stereocenters. The predicted molar refractivity (Wildman–Crippen MR) is 131 cm³/mol. The van der Waals surface area contributed by atoms with Gasteiger partial charge in [0.15, 0.2) is 5.78 Å². The molecule has 5 rings (SSSR count). The van der Waals surface area contributed by atoms with E-state index in [4.69, 9.17) is 16.6 Å². The standard InChI is InChI=1S/C27H24ClN3O2/c1-17-6-5-9-23(18(17)2)30-15-20(14-26(30)33)27-29-22-7-3-4-8-24(22)31(27)16-25(32)19-10-12-21(28)13-11-19/h3-13,20H,14-16H2,1-2H3. The van der Waals surface area contributed by atoms with Gasteiger partial charge >= 0.3 is 0 Å². The molecular weight excluding hydrogens is 434 g/mol. The summed E-state index contributed by atoms with van der Waals surface area (Å²) in [5.74, 6) is 0.741. The van der Waals surface area contributed by atoms with Gasteiger partial charge in [-0.15, -0.1) is 0 Å². The Morgan fingerprint density at radius 2 is 1.79 bits per heavy atom. The number of ketones is 1. The van der Waals surface area contributed by atoms with Crippen LogP contribution in [-0.4, -0.2) is 27.8 Å². The summed E-state index contributed by atoms with van der Waals surface area (Å²) in [7, 11) is 0. The monoisotopic (exact) mass is 457 g/mol. The zero-order chi connectivity index (χ0) is 23.1. The lowest BCUT2D eigenvalue weighted by molar-refractivity contribution is -0.117. The molecule has 1 aliphatic rings. The normalized spacial score (nSPS) is 16.0. The number of nitrogens with zero attached hydrogens (tertiary/aromatic N) is 3. The summed E-state index contributed by atoms with van der Waals surface area (Å²) in [6, 6.07) is 20.8. The highest BCUT2D eigenvalue weighted by atomic mass is 35.5. The minimum atomic E-state index is -0.0946. The van der Waals surface area contributed by atoms with Crippen molar-refractivity contribution in [3.05, 3.63) is 94.3 Å². The molecule has 0 spiro atoms. The lowest BCUT2D eigenvalue weighted by Gasteiger charge is -2.20. The van der Waals surface area contributed by atoms with E-state index in [-0.39, 0.29) is 24.2 Å². The maximum absolute atomic E-state index is 13.1. The van der Waals surface area contributed by atoms with Gasteiger partial charge in [0.05, 0.1) is 17.6 Å². The van der Waals surface area contributed by atoms with Gasteiger partial charge in [0.25, 0.3) is 0 Å². The highest BCUT2D eigenvalue weighted by Crippen LogP contribution is 2.35. The van der Waals surface area contributed by atoms with Gasteiger partial charge in [0.1, 0.15) is 5.82 Å². The van der Waals surface area contributed by atoms with Gasteiger partial charge in [-0.25, -0.2) is 4.98 Å². The van der Waals surface area contributed by atoms with Crippen molar-refractivity contribution >= 4 is 40.0 Å². The smallest absolute Gasteiger partial charge is 0.227 e. The molecule has 4 aromatic rings. The summed E-state index contributed by atoms with van der Waals surface area (Å²) in [5, 5.41) is 0.594. The molecule has 33 heavy (non-hydrogen) atoms. The van der Waals surface area contributed by atoms with Crippen LogP contribution in [0.5, 0.6) is 0 Å². The lowest BCUT2D eigenvalue weighted by atomic mass is 10.1. The highest BCUT2D eigenvalue weighted by molar-refractivity contribution is 6.30. The largest absolute Gasteiger partial charge is 0.320 e. The van der Waals surface area contributed by atoms with Crippen molar-refractivity contribution in [2.45, 2.75) is 32.7 Å². The van der Waals surface area contributed by atoms with E-state index in [9.17, 15) is 9.59 Å². The number of aromatic nitrogens is 2. The summed E-state index contributed by atoms with van der Waals surface area (Å²) in [4.78, 5) is 32.9. The first-order valence-electron chi connectivity index (χ1n) is 11.0. The van der Waals surface area contributed by atoms with E-state index in [1.165, 1.54) is 0 Å². The third kappa shape index (κ3) is 3.93. The van der Waals surface area contributed by atoms with E-state index < -0.39 is 0 Å². The van der Waals surface area contributed by atoms with Gasteiger partial charge < -0.3 is 9.47 Å². The Morgan fingerprint density at radius 3 is 2.58 bits per heavy atom. The number of amides is 1. The second-order valence-electron chi connectivity index (χ2n) is 8.60. The molecule has 1 aliphatic heterocycles. The van der Waals surface area contributed by atoms with Crippen LogP contribution >= 0.6 is 11.6 Å². The third-order valence-electron chi connectivity index (χ3n) is 6.51. The maximum atomic E-state index is 13.1. The average molecular weight is 458 g/mol. The van der Waals surface area contributed by atoms with Gasteiger partial charge in [-0.3, -0.25) is 9.59 Å². The number of carbonyl (C=O) groups is 2. The number of hydrogen-bond donors (Lipinski definition) is 0. The second kappa shape index (κ2) is 8.49. The molecule has 3 aromatic carbocycles. The molecule has 6 heteroatoms. The fourth-order valence-electron chi connectivity index (χ4n) is 4.58. The fourth-order valence-corrected chi connectivity index (χ4v) is 4.71. The van der Waals surface area contributed by atoms with Crippen molar-refractivity contribution in [1.29, 1.82) is 0 Å². The molecule has 1 amide bonds. The Kier molecular flexibility index (Phi) is 5.51. The summed E-state index contributed by atoms with van der Waals surface area (Å²) >= 11 is 5.98. The Hall–Kier alpha value is -3.44. The van der Waals surface area contributed by atoms with Gasteiger partial charge in [-0.2, -0.15) is 0 Å². The van der Waals surface area contributed by atoms with Crippen LogP contribution in [0, 0.1) is 13.8 Å². The molecule has 1 fully saturated rings. The van der Waals surface area contributed by atoms with E-state index >= 15 is 0 Å². The number of anilines is 1. The first-order chi connectivity index (χ1) is 15.9. The van der Waals surface area contributed by atoms with Gasteiger partial charge in [-0.05, 0) is 67.4 Å². The summed E-state index contributed by atoms with van der Waals surface area (Å²) in [6.07, 6.45) is 0.367. The Bertz CT molecular complexity index is 1370. The number of halogens is 1. The van der Waals surface area contributed by atoms with Gasteiger partial charge in [-0.1, -0.05) is 35.9 Å². The van der Waals surface area contributed by atoms with E-state index in [0.717, 1.165) is 33.7 Å². The van der Waals surface area contributed by atoms with Crippen LogP contribution in [0.3, 0.4) is 0 Å². The number of para-hydroxylation sites is 2. The van der Waals surface area contributed by atoms with Crippen LogP contribution in [0.25, 0.3) is 11.0 Å². The first kappa shape index (κ1) is 21.4. The summed E-state index contributed by atoms with van der Waals surface area (Å²) < 4.78 is 1.97. The molecule has 1 aromatic heterocycles. The lowest BCUT2D eigenvalue weighted by Crippen LogP contribution is -2.25. The Labute approximate surface area is 197 Å². The molecule has 1 unspecified atom stereocenters. The number of rotatable bonds is 5. The van der Waals surface area contributed by atoms with E-state index in [1.807, 2.05) is 52.8 Å². The van der Waals surface area contributed by atoms with Crippen LogP contribution in [0.1, 0.15) is 39.6 Å². The number of Topliss-reactive ketones (excluding diaryl/α,β-unsaturated/α-hetero) is 1. The molecule has 2 heterocycles. The van der Waals surface area contributed by atoms with Crippen molar-refractivity contribution < 1.29 is 9.59 Å². The zero-order valence-corrected chi connectivity index (χ0v) is 19.3. The van der Waals surface area contributed by atoms with E-state index in [2.05, 4.69) is 13.0 Å². The number of imidazole rings is 1. The molecule has 0 N–H and O–H groups in total. The SMILES string of the molecule is Cc1cccc(N2CC(c3nc4ccccc4n3CC(=O)c3ccc(Cl)cc3)CC2=O)c1C. The van der Waals surface area contributed by atoms with Crippen LogP contribution in [0.15, 0.2) is 66.7 Å². The van der Waals surface area contributed by atoms with Crippen molar-refractivity contribution in [3.8, 4) is 0 Å². The number of fused-ring (bicyclic) bond motifs is 1.